The average Bonchev–Trinajstić information content (AvgIpc) is 2.74. The first-order chi connectivity index (χ1) is 8.11. The molecule has 1 heterocycles. The lowest BCUT2D eigenvalue weighted by atomic mass is 9.94. The third-order valence-electron chi connectivity index (χ3n) is 3.26. The zero-order valence-corrected chi connectivity index (χ0v) is 9.67. The van der Waals surface area contributed by atoms with Gasteiger partial charge in [0.1, 0.15) is 0 Å². The highest BCUT2D eigenvalue weighted by atomic mass is 16.4. The number of hydrogen-bond donors (Lipinski definition) is 1. The second kappa shape index (κ2) is 4.57. The van der Waals surface area contributed by atoms with Crippen molar-refractivity contribution in [3.8, 4) is 0 Å². The molecule has 0 radical (unpaired) electrons. The van der Waals surface area contributed by atoms with Gasteiger partial charge in [-0.25, -0.2) is 0 Å². The number of amides is 1. The summed E-state index contributed by atoms with van der Waals surface area (Å²) in [6.07, 6.45) is 0.522. The van der Waals surface area contributed by atoms with Gasteiger partial charge in [0, 0.05) is 13.5 Å². The van der Waals surface area contributed by atoms with Crippen LogP contribution in [0.2, 0.25) is 0 Å². The number of hydrogen-bond acceptors (Lipinski definition) is 2. The SMILES string of the molecule is CC(=O)N1CC[C@H](C(=O)O)[C@@H]1c1ccccc1. The Hall–Kier alpha value is -1.84. The topological polar surface area (TPSA) is 57.6 Å². The van der Waals surface area contributed by atoms with E-state index in [9.17, 15) is 14.7 Å². The molecule has 1 fully saturated rings. The van der Waals surface area contributed by atoms with Gasteiger partial charge in [0.05, 0.1) is 12.0 Å². The zero-order valence-electron chi connectivity index (χ0n) is 9.67. The number of rotatable bonds is 2. The molecular formula is C13H15NO3. The Bertz CT molecular complexity index is 408. The highest BCUT2D eigenvalue weighted by molar-refractivity contribution is 5.78. The van der Waals surface area contributed by atoms with Crippen LogP contribution in [0.4, 0.5) is 0 Å². The van der Waals surface area contributed by atoms with E-state index in [1.807, 2.05) is 30.3 Å². The molecule has 4 heteroatoms. The molecule has 1 aliphatic rings. The lowest BCUT2D eigenvalue weighted by Crippen LogP contribution is -2.31. The lowest BCUT2D eigenvalue weighted by molar-refractivity contribution is -0.143. The fourth-order valence-electron chi connectivity index (χ4n) is 2.47. The summed E-state index contributed by atoms with van der Waals surface area (Å²) >= 11 is 0. The predicted molar refractivity (Wildman–Crippen MR) is 62.3 cm³/mol. The first-order valence-corrected chi connectivity index (χ1v) is 5.66. The predicted octanol–water partition coefficient (Wildman–Crippen LogP) is 1.68. The first-order valence-electron chi connectivity index (χ1n) is 5.66. The summed E-state index contributed by atoms with van der Waals surface area (Å²) in [4.78, 5) is 24.4. The van der Waals surface area contributed by atoms with Crippen molar-refractivity contribution < 1.29 is 14.7 Å². The zero-order chi connectivity index (χ0) is 12.4. The molecule has 1 aromatic rings. The van der Waals surface area contributed by atoms with Crippen LogP contribution in [0.15, 0.2) is 30.3 Å². The Labute approximate surface area is 99.9 Å². The van der Waals surface area contributed by atoms with Crippen molar-refractivity contribution >= 4 is 11.9 Å². The second-order valence-electron chi connectivity index (χ2n) is 4.30. The molecule has 90 valence electrons. The van der Waals surface area contributed by atoms with Crippen LogP contribution in [-0.2, 0) is 9.59 Å². The Morgan fingerprint density at radius 2 is 1.94 bits per heavy atom. The Morgan fingerprint density at radius 1 is 1.29 bits per heavy atom. The average molecular weight is 233 g/mol. The first kappa shape index (κ1) is 11.6. The Morgan fingerprint density at radius 3 is 2.47 bits per heavy atom. The maximum Gasteiger partial charge on any atom is 0.309 e. The van der Waals surface area contributed by atoms with E-state index in [1.54, 1.807) is 4.90 Å². The summed E-state index contributed by atoms with van der Waals surface area (Å²) in [5.74, 6) is -1.40. The molecule has 1 N–H and O–H groups in total. The molecule has 1 aromatic carbocycles. The quantitative estimate of drug-likeness (QED) is 0.845. The van der Waals surface area contributed by atoms with Crippen LogP contribution in [-0.4, -0.2) is 28.4 Å². The van der Waals surface area contributed by atoms with Gasteiger partial charge in [-0.1, -0.05) is 30.3 Å². The van der Waals surface area contributed by atoms with E-state index in [1.165, 1.54) is 6.92 Å². The third-order valence-corrected chi connectivity index (χ3v) is 3.26. The lowest BCUT2D eigenvalue weighted by Gasteiger charge is -2.26. The normalized spacial score (nSPS) is 23.7. The third kappa shape index (κ3) is 2.16. The standard InChI is InChI=1S/C13H15NO3/c1-9(15)14-8-7-11(13(16)17)12(14)10-5-3-2-4-6-10/h2-6,11-12H,7-8H2,1H3,(H,16,17)/t11-,12-/m0/s1. The van der Waals surface area contributed by atoms with Gasteiger partial charge in [-0.05, 0) is 12.0 Å². The van der Waals surface area contributed by atoms with Crippen LogP contribution >= 0.6 is 0 Å². The number of carboxylic acids is 1. The molecular weight excluding hydrogens is 218 g/mol. The van der Waals surface area contributed by atoms with Crippen LogP contribution in [0.3, 0.4) is 0 Å². The van der Waals surface area contributed by atoms with Crippen LogP contribution in [0.5, 0.6) is 0 Å². The van der Waals surface area contributed by atoms with Gasteiger partial charge in [0.25, 0.3) is 0 Å². The molecule has 0 unspecified atom stereocenters. The number of aliphatic carboxylic acids is 1. The fraction of sp³-hybridized carbons (Fsp3) is 0.385. The largest absolute Gasteiger partial charge is 0.481 e. The summed E-state index contributed by atoms with van der Waals surface area (Å²) in [6, 6.07) is 9.04. The van der Waals surface area contributed by atoms with Crippen molar-refractivity contribution in [2.75, 3.05) is 6.54 Å². The maximum absolute atomic E-state index is 11.5. The van der Waals surface area contributed by atoms with Gasteiger partial charge in [-0.3, -0.25) is 9.59 Å². The Balaban J connectivity index is 2.36. The van der Waals surface area contributed by atoms with Crippen molar-refractivity contribution in [1.82, 2.24) is 4.90 Å². The van der Waals surface area contributed by atoms with Gasteiger partial charge in [0.2, 0.25) is 5.91 Å². The minimum Gasteiger partial charge on any atom is -0.481 e. The van der Waals surface area contributed by atoms with Crippen molar-refractivity contribution in [3.63, 3.8) is 0 Å². The Kier molecular flexibility index (Phi) is 3.13. The van der Waals surface area contributed by atoms with Crippen molar-refractivity contribution in [1.29, 1.82) is 0 Å². The molecule has 0 spiro atoms. The van der Waals surface area contributed by atoms with Crippen LogP contribution in [0.1, 0.15) is 24.9 Å². The maximum atomic E-state index is 11.5. The number of nitrogens with zero attached hydrogens (tertiary/aromatic N) is 1. The molecule has 0 bridgehead atoms. The molecule has 4 nitrogen and oxygen atoms in total. The van der Waals surface area contributed by atoms with Crippen molar-refractivity contribution in [2.45, 2.75) is 19.4 Å². The fourth-order valence-corrected chi connectivity index (χ4v) is 2.47. The van der Waals surface area contributed by atoms with Gasteiger partial charge in [0.15, 0.2) is 0 Å². The van der Waals surface area contributed by atoms with Gasteiger partial charge < -0.3 is 10.0 Å². The summed E-state index contributed by atoms with van der Waals surface area (Å²) in [5, 5.41) is 9.21. The summed E-state index contributed by atoms with van der Waals surface area (Å²) in [5.41, 5.74) is 0.896. The number of likely N-dealkylation sites (tertiary alicyclic amines) is 1. The van der Waals surface area contributed by atoms with Crippen LogP contribution < -0.4 is 0 Å². The monoisotopic (exact) mass is 233 g/mol. The smallest absolute Gasteiger partial charge is 0.309 e. The minimum absolute atomic E-state index is 0.0670. The summed E-state index contributed by atoms with van der Waals surface area (Å²) in [6.45, 7) is 2.01. The number of carboxylic acid groups (broad SMARTS) is 1. The minimum atomic E-state index is -0.831. The molecule has 1 amide bonds. The molecule has 0 aliphatic carbocycles. The van der Waals surface area contributed by atoms with Crippen molar-refractivity contribution in [2.24, 2.45) is 5.92 Å². The summed E-state index contributed by atoms with van der Waals surface area (Å²) in [7, 11) is 0. The van der Waals surface area contributed by atoms with Gasteiger partial charge in [-0.2, -0.15) is 0 Å². The molecule has 1 saturated heterocycles. The molecule has 2 rings (SSSR count). The molecule has 0 aromatic heterocycles. The second-order valence-corrected chi connectivity index (χ2v) is 4.30. The molecule has 17 heavy (non-hydrogen) atoms. The number of benzene rings is 1. The molecule has 0 saturated carbocycles. The molecule has 2 atom stereocenters. The van der Waals surface area contributed by atoms with Crippen LogP contribution in [0, 0.1) is 5.92 Å². The van der Waals surface area contributed by atoms with E-state index in [-0.39, 0.29) is 11.9 Å². The highest BCUT2D eigenvalue weighted by Crippen LogP contribution is 2.37. The van der Waals surface area contributed by atoms with Crippen molar-refractivity contribution in [3.05, 3.63) is 35.9 Å². The molecule has 1 aliphatic heterocycles. The summed E-state index contributed by atoms with van der Waals surface area (Å²) < 4.78 is 0. The highest BCUT2D eigenvalue weighted by Gasteiger charge is 2.40. The van der Waals surface area contributed by atoms with E-state index < -0.39 is 11.9 Å². The van der Waals surface area contributed by atoms with E-state index >= 15 is 0 Å². The van der Waals surface area contributed by atoms with E-state index in [4.69, 9.17) is 0 Å². The van der Waals surface area contributed by atoms with E-state index in [0.717, 1.165) is 5.56 Å². The number of carbonyl (C=O) groups excluding carboxylic acids is 1. The van der Waals surface area contributed by atoms with E-state index in [2.05, 4.69) is 0 Å². The number of carbonyl (C=O) groups is 2. The van der Waals surface area contributed by atoms with Crippen LogP contribution in [0.25, 0.3) is 0 Å². The van der Waals surface area contributed by atoms with E-state index in [0.29, 0.717) is 13.0 Å². The van der Waals surface area contributed by atoms with Gasteiger partial charge in [-0.15, -0.1) is 0 Å². The van der Waals surface area contributed by atoms with Gasteiger partial charge >= 0.3 is 5.97 Å².